The minimum absolute atomic E-state index is 0.0627. The van der Waals surface area contributed by atoms with Crippen LogP contribution in [-0.4, -0.2) is 50.0 Å². The van der Waals surface area contributed by atoms with Crippen molar-refractivity contribution in [2.45, 2.75) is 77.4 Å². The number of nitrogens with zero attached hydrogens (tertiary/aromatic N) is 2. The minimum Gasteiger partial charge on any atom is -0.352 e. The van der Waals surface area contributed by atoms with Crippen LogP contribution in [0.2, 0.25) is 10.0 Å². The van der Waals surface area contributed by atoms with Gasteiger partial charge in [0.05, 0.1) is 11.9 Å². The van der Waals surface area contributed by atoms with Gasteiger partial charge in [-0.15, -0.1) is 0 Å². The van der Waals surface area contributed by atoms with Gasteiger partial charge in [0.15, 0.2) is 0 Å². The molecule has 1 saturated carbocycles. The van der Waals surface area contributed by atoms with Crippen LogP contribution >= 0.6 is 23.2 Å². The Hall–Kier alpha value is -2.29. The standard InChI is InChI=1S/C28H37Cl2N3O4S/c1-4-26(28(35)31-21-9-5-6-10-21)32(19-23-24(29)11-7-12-25(23)30)27(34)13-8-18-33(38(3,36)37)22-16-14-20(2)15-17-22/h7,11-12,14-17,21,26H,4-6,8-10,13,18-19H2,1-3H3,(H,31,35)/t26-/m1/s1. The topological polar surface area (TPSA) is 86.8 Å². The highest BCUT2D eigenvalue weighted by Crippen LogP contribution is 2.28. The van der Waals surface area contributed by atoms with E-state index in [1.165, 1.54) is 9.21 Å². The number of carbonyl (C=O) groups excluding carboxylic acids is 2. The number of carbonyl (C=O) groups is 2. The molecule has 1 atom stereocenters. The Kier molecular flexibility index (Phi) is 10.9. The zero-order valence-corrected chi connectivity index (χ0v) is 24.6. The molecular formula is C28H37Cl2N3O4S. The SMILES string of the molecule is CC[C@H](C(=O)NC1CCCC1)N(Cc1c(Cl)cccc1Cl)C(=O)CCCN(c1ccc(C)cc1)S(C)(=O)=O. The lowest BCUT2D eigenvalue weighted by atomic mass is 10.1. The van der Waals surface area contributed by atoms with Gasteiger partial charge < -0.3 is 10.2 Å². The van der Waals surface area contributed by atoms with Gasteiger partial charge >= 0.3 is 0 Å². The Morgan fingerprint density at radius 1 is 1.05 bits per heavy atom. The van der Waals surface area contributed by atoms with Crippen molar-refractivity contribution in [3.8, 4) is 0 Å². The zero-order valence-electron chi connectivity index (χ0n) is 22.3. The predicted octanol–water partition coefficient (Wildman–Crippen LogP) is 5.71. The third kappa shape index (κ3) is 8.10. The van der Waals surface area contributed by atoms with Gasteiger partial charge in [-0.2, -0.15) is 0 Å². The minimum atomic E-state index is -3.55. The van der Waals surface area contributed by atoms with Crippen molar-refractivity contribution in [1.82, 2.24) is 10.2 Å². The van der Waals surface area contributed by atoms with Gasteiger partial charge in [0.25, 0.3) is 0 Å². The summed E-state index contributed by atoms with van der Waals surface area (Å²) >= 11 is 12.8. The Morgan fingerprint density at radius 3 is 2.21 bits per heavy atom. The maximum atomic E-state index is 13.6. The number of hydrogen-bond acceptors (Lipinski definition) is 4. The lowest BCUT2D eigenvalue weighted by Gasteiger charge is -2.32. The zero-order chi connectivity index (χ0) is 27.9. The first kappa shape index (κ1) is 30.3. The summed E-state index contributed by atoms with van der Waals surface area (Å²) in [5.74, 6) is -0.444. The molecule has 1 aliphatic carbocycles. The molecule has 0 radical (unpaired) electrons. The Balaban J connectivity index is 1.79. The van der Waals surface area contributed by atoms with Gasteiger partial charge in [0.1, 0.15) is 6.04 Å². The summed E-state index contributed by atoms with van der Waals surface area (Å²) in [6.45, 7) is 4.03. The monoisotopic (exact) mass is 581 g/mol. The van der Waals surface area contributed by atoms with E-state index >= 15 is 0 Å². The van der Waals surface area contributed by atoms with Crippen LogP contribution in [-0.2, 0) is 26.2 Å². The Morgan fingerprint density at radius 2 is 1.66 bits per heavy atom. The van der Waals surface area contributed by atoms with Crippen LogP contribution in [0.1, 0.15) is 63.0 Å². The quantitative estimate of drug-likeness (QED) is 0.347. The van der Waals surface area contributed by atoms with E-state index in [-0.39, 0.29) is 43.8 Å². The highest BCUT2D eigenvalue weighted by atomic mass is 35.5. The highest BCUT2D eigenvalue weighted by Gasteiger charge is 2.31. The maximum Gasteiger partial charge on any atom is 0.243 e. The smallest absolute Gasteiger partial charge is 0.243 e. The first-order chi connectivity index (χ1) is 18.0. The summed E-state index contributed by atoms with van der Waals surface area (Å²) in [5.41, 5.74) is 2.15. The summed E-state index contributed by atoms with van der Waals surface area (Å²) in [6.07, 6.45) is 5.96. The van der Waals surface area contributed by atoms with Crippen LogP contribution in [0.25, 0.3) is 0 Å². The first-order valence-corrected chi connectivity index (χ1v) is 15.7. The number of halogens is 2. The largest absolute Gasteiger partial charge is 0.352 e. The number of benzene rings is 2. The fraction of sp³-hybridized carbons (Fsp3) is 0.500. The number of nitrogens with one attached hydrogen (secondary N) is 1. The van der Waals surface area contributed by atoms with Crippen molar-refractivity contribution in [3.63, 3.8) is 0 Å². The van der Waals surface area contributed by atoms with Crippen molar-refractivity contribution in [1.29, 1.82) is 0 Å². The molecule has 38 heavy (non-hydrogen) atoms. The molecule has 0 unspecified atom stereocenters. The maximum absolute atomic E-state index is 13.6. The second-order valence-corrected chi connectivity index (χ2v) is 12.6. The average Bonchev–Trinajstić information content (AvgIpc) is 3.36. The molecule has 0 heterocycles. The van der Waals surface area contributed by atoms with Crippen molar-refractivity contribution in [2.24, 2.45) is 0 Å². The van der Waals surface area contributed by atoms with E-state index in [0.717, 1.165) is 37.5 Å². The van der Waals surface area contributed by atoms with Crippen molar-refractivity contribution >= 4 is 50.7 Å². The number of hydrogen-bond donors (Lipinski definition) is 1. The molecule has 0 spiro atoms. The van der Waals surface area contributed by atoms with E-state index in [1.54, 1.807) is 30.3 Å². The van der Waals surface area contributed by atoms with Crippen LogP contribution in [0.15, 0.2) is 42.5 Å². The molecule has 208 valence electrons. The van der Waals surface area contributed by atoms with E-state index < -0.39 is 16.1 Å². The predicted molar refractivity (Wildman–Crippen MR) is 154 cm³/mol. The fourth-order valence-corrected chi connectivity index (χ4v) is 6.34. The fourth-order valence-electron chi connectivity index (χ4n) is 4.86. The molecular weight excluding hydrogens is 545 g/mol. The van der Waals surface area contributed by atoms with E-state index in [9.17, 15) is 18.0 Å². The van der Waals surface area contributed by atoms with E-state index in [2.05, 4.69) is 5.32 Å². The summed E-state index contributed by atoms with van der Waals surface area (Å²) in [7, 11) is -3.55. The van der Waals surface area contributed by atoms with Crippen LogP contribution < -0.4 is 9.62 Å². The van der Waals surface area contributed by atoms with Crippen LogP contribution in [0.4, 0.5) is 5.69 Å². The van der Waals surface area contributed by atoms with E-state index in [1.807, 2.05) is 26.0 Å². The molecule has 0 aliphatic heterocycles. The summed E-state index contributed by atoms with van der Waals surface area (Å²) in [4.78, 5) is 28.5. The van der Waals surface area contributed by atoms with Crippen LogP contribution in [0.5, 0.6) is 0 Å². The third-order valence-corrected chi connectivity index (χ3v) is 8.85. The molecule has 7 nitrogen and oxygen atoms in total. The number of anilines is 1. The van der Waals surface area contributed by atoms with E-state index in [0.29, 0.717) is 27.7 Å². The molecule has 3 rings (SSSR count). The third-order valence-electron chi connectivity index (χ3n) is 6.95. The van der Waals surface area contributed by atoms with Gasteiger partial charge in [0, 0.05) is 41.2 Å². The number of aryl methyl sites for hydroxylation is 1. The Bertz CT molecular complexity index is 1190. The lowest BCUT2D eigenvalue weighted by Crippen LogP contribution is -2.51. The molecule has 10 heteroatoms. The molecule has 0 bridgehead atoms. The Labute approximate surface area is 236 Å². The second kappa shape index (κ2) is 13.7. The highest BCUT2D eigenvalue weighted by molar-refractivity contribution is 7.92. The molecule has 0 saturated heterocycles. The van der Waals surface area contributed by atoms with E-state index in [4.69, 9.17) is 23.2 Å². The molecule has 2 aromatic carbocycles. The summed E-state index contributed by atoms with van der Waals surface area (Å²) in [6, 6.07) is 11.8. The van der Waals surface area contributed by atoms with Gasteiger partial charge in [-0.25, -0.2) is 8.42 Å². The summed E-state index contributed by atoms with van der Waals surface area (Å²) in [5, 5.41) is 3.95. The van der Waals surface area contributed by atoms with Gasteiger partial charge in [0.2, 0.25) is 21.8 Å². The lowest BCUT2D eigenvalue weighted by molar-refractivity contribution is -0.141. The van der Waals surface area contributed by atoms with Gasteiger partial charge in [-0.3, -0.25) is 13.9 Å². The molecule has 2 aromatic rings. The van der Waals surface area contributed by atoms with Crippen molar-refractivity contribution in [3.05, 3.63) is 63.6 Å². The molecule has 1 aliphatic rings. The van der Waals surface area contributed by atoms with Gasteiger partial charge in [-0.05, 0) is 56.9 Å². The second-order valence-electron chi connectivity index (χ2n) is 9.91. The molecule has 1 fully saturated rings. The number of rotatable bonds is 12. The first-order valence-electron chi connectivity index (χ1n) is 13.1. The van der Waals surface area contributed by atoms with Gasteiger partial charge in [-0.1, -0.05) is 66.7 Å². The number of amides is 2. The normalized spacial score (nSPS) is 14.8. The molecule has 2 amide bonds. The van der Waals surface area contributed by atoms with Crippen LogP contribution in [0, 0.1) is 6.92 Å². The summed E-state index contributed by atoms with van der Waals surface area (Å²) < 4.78 is 26.3. The van der Waals surface area contributed by atoms with Crippen molar-refractivity contribution < 1.29 is 18.0 Å². The van der Waals surface area contributed by atoms with Crippen molar-refractivity contribution in [2.75, 3.05) is 17.1 Å². The number of sulfonamides is 1. The van der Waals surface area contributed by atoms with Crippen LogP contribution in [0.3, 0.4) is 0 Å². The molecule has 1 N–H and O–H groups in total. The average molecular weight is 583 g/mol. The molecule has 0 aromatic heterocycles.